The summed E-state index contributed by atoms with van der Waals surface area (Å²) in [5.41, 5.74) is 0. The first kappa shape index (κ1) is 10.5. The smallest absolute Gasteiger partial charge is 0.0466 e. The van der Waals surface area contributed by atoms with Crippen LogP contribution < -0.4 is 0 Å². The van der Waals surface area contributed by atoms with Crippen LogP contribution in [-0.4, -0.2) is 13.2 Å². The van der Waals surface area contributed by atoms with E-state index in [1.807, 2.05) is 0 Å². The van der Waals surface area contributed by atoms with Crippen LogP contribution in [0.1, 0.15) is 12.8 Å². The maximum absolute atomic E-state index is 4.94. The molecule has 1 aliphatic rings. The number of ether oxygens (including phenoxy) is 1. The van der Waals surface area contributed by atoms with Gasteiger partial charge in [-0.05, 0) is 12.8 Å². The molecule has 7 heavy (non-hydrogen) atoms. The summed E-state index contributed by atoms with van der Waals surface area (Å²) in [7, 11) is 0. The molecule has 0 unspecified atom stereocenters. The molecule has 0 aromatic rings. The topological polar surface area (TPSA) is 9.23 Å². The minimum absolute atomic E-state index is 0. The van der Waals surface area contributed by atoms with Crippen molar-refractivity contribution in [1.82, 2.24) is 0 Å². The van der Waals surface area contributed by atoms with Crippen LogP contribution in [0.2, 0.25) is 0 Å². The Hall–Kier alpha value is 0.540. The quantitative estimate of drug-likeness (QED) is 0.503. The van der Waals surface area contributed by atoms with Crippen molar-refractivity contribution >= 4 is 24.8 Å². The molecule has 0 atom stereocenters. The summed E-state index contributed by atoms with van der Waals surface area (Å²) < 4.78 is 4.94. The van der Waals surface area contributed by atoms with E-state index in [0.29, 0.717) is 0 Å². The van der Waals surface area contributed by atoms with E-state index in [-0.39, 0.29) is 24.8 Å². The molecular formula is C4H10Cl2O. The Morgan fingerprint density at radius 3 is 1.43 bits per heavy atom. The molecule has 1 aliphatic heterocycles. The van der Waals surface area contributed by atoms with Crippen molar-refractivity contribution in [3.63, 3.8) is 0 Å². The van der Waals surface area contributed by atoms with Crippen molar-refractivity contribution in [1.29, 1.82) is 0 Å². The highest BCUT2D eigenvalue weighted by Crippen LogP contribution is 1.98. The Kier molecular flexibility index (Phi) is 9.82. The second kappa shape index (κ2) is 6.54. The van der Waals surface area contributed by atoms with Crippen LogP contribution in [0, 0.1) is 0 Å². The van der Waals surface area contributed by atoms with E-state index in [0.717, 1.165) is 13.2 Å². The molecule has 1 saturated heterocycles. The predicted octanol–water partition coefficient (Wildman–Crippen LogP) is 1.64. The van der Waals surface area contributed by atoms with Crippen molar-refractivity contribution < 1.29 is 4.74 Å². The summed E-state index contributed by atoms with van der Waals surface area (Å²) in [5.74, 6) is 0. The van der Waals surface area contributed by atoms with Gasteiger partial charge in [0.1, 0.15) is 0 Å². The van der Waals surface area contributed by atoms with Gasteiger partial charge in [-0.1, -0.05) is 0 Å². The van der Waals surface area contributed by atoms with Gasteiger partial charge in [-0.15, -0.1) is 24.8 Å². The Morgan fingerprint density at radius 2 is 1.29 bits per heavy atom. The number of hydrogen-bond donors (Lipinski definition) is 0. The minimum atomic E-state index is 0. The Balaban J connectivity index is 0. The SMILES string of the molecule is C1CCOC1.Cl.Cl. The van der Waals surface area contributed by atoms with Gasteiger partial charge in [0.05, 0.1) is 0 Å². The molecule has 0 bridgehead atoms. The van der Waals surface area contributed by atoms with E-state index in [1.165, 1.54) is 12.8 Å². The monoisotopic (exact) mass is 144 g/mol. The predicted molar refractivity (Wildman–Crippen MR) is 34.5 cm³/mol. The summed E-state index contributed by atoms with van der Waals surface area (Å²) >= 11 is 0. The third kappa shape index (κ3) is 4.39. The molecule has 0 saturated carbocycles. The molecule has 0 N–H and O–H groups in total. The molecule has 1 nitrogen and oxygen atoms in total. The molecule has 0 spiro atoms. The Morgan fingerprint density at radius 1 is 0.857 bits per heavy atom. The third-order valence-corrected chi connectivity index (χ3v) is 0.827. The summed E-state index contributed by atoms with van der Waals surface area (Å²) in [6.07, 6.45) is 2.56. The minimum Gasteiger partial charge on any atom is -0.381 e. The fourth-order valence-electron chi connectivity index (χ4n) is 0.510. The first-order valence-corrected chi connectivity index (χ1v) is 2.08. The number of halogens is 2. The van der Waals surface area contributed by atoms with E-state index >= 15 is 0 Å². The molecular weight excluding hydrogens is 135 g/mol. The fraction of sp³-hybridized carbons (Fsp3) is 1.00. The average molecular weight is 145 g/mol. The van der Waals surface area contributed by atoms with E-state index in [4.69, 9.17) is 4.74 Å². The van der Waals surface area contributed by atoms with Gasteiger partial charge < -0.3 is 4.74 Å². The molecule has 0 radical (unpaired) electrons. The molecule has 0 aromatic carbocycles. The molecule has 0 aliphatic carbocycles. The summed E-state index contributed by atoms with van der Waals surface area (Å²) in [4.78, 5) is 0. The van der Waals surface area contributed by atoms with Crippen molar-refractivity contribution in [3.05, 3.63) is 0 Å². The summed E-state index contributed by atoms with van der Waals surface area (Å²) in [5, 5.41) is 0. The molecule has 3 heteroatoms. The first-order chi connectivity index (χ1) is 2.50. The van der Waals surface area contributed by atoms with Crippen LogP contribution in [-0.2, 0) is 4.74 Å². The average Bonchev–Trinajstić information content (AvgIpc) is 1.76. The van der Waals surface area contributed by atoms with Gasteiger partial charge in [0, 0.05) is 13.2 Å². The summed E-state index contributed by atoms with van der Waals surface area (Å²) in [6, 6.07) is 0. The molecule has 0 aromatic heterocycles. The lowest BCUT2D eigenvalue weighted by atomic mass is 10.4. The van der Waals surface area contributed by atoms with E-state index in [2.05, 4.69) is 0 Å². The van der Waals surface area contributed by atoms with E-state index in [9.17, 15) is 0 Å². The molecule has 1 fully saturated rings. The lowest BCUT2D eigenvalue weighted by molar-refractivity contribution is 0.198. The lowest BCUT2D eigenvalue weighted by Gasteiger charge is -1.76. The zero-order chi connectivity index (χ0) is 3.54. The Labute approximate surface area is 56.2 Å². The molecule has 1 rings (SSSR count). The largest absolute Gasteiger partial charge is 0.381 e. The first-order valence-electron chi connectivity index (χ1n) is 2.08. The summed E-state index contributed by atoms with van der Waals surface area (Å²) in [6.45, 7) is 2.00. The molecule has 46 valence electrons. The standard InChI is InChI=1S/C4H8O.2ClH/c1-2-4-5-3-1;;/h1-4H2;2*1H. The van der Waals surface area contributed by atoms with Gasteiger partial charge in [-0.25, -0.2) is 0 Å². The van der Waals surface area contributed by atoms with Gasteiger partial charge in [0.2, 0.25) is 0 Å². The zero-order valence-electron chi connectivity index (χ0n) is 4.05. The molecule has 1 heterocycles. The highest BCUT2D eigenvalue weighted by atomic mass is 35.5. The molecule has 0 amide bonds. The number of rotatable bonds is 0. The maximum Gasteiger partial charge on any atom is 0.0466 e. The van der Waals surface area contributed by atoms with Gasteiger partial charge >= 0.3 is 0 Å². The van der Waals surface area contributed by atoms with Crippen molar-refractivity contribution in [2.24, 2.45) is 0 Å². The van der Waals surface area contributed by atoms with Crippen LogP contribution in [0.25, 0.3) is 0 Å². The number of hydrogen-bond acceptors (Lipinski definition) is 1. The van der Waals surface area contributed by atoms with Gasteiger partial charge in [-0.2, -0.15) is 0 Å². The highest BCUT2D eigenvalue weighted by Gasteiger charge is 1.94. The van der Waals surface area contributed by atoms with Crippen molar-refractivity contribution in [3.8, 4) is 0 Å². The van der Waals surface area contributed by atoms with Gasteiger partial charge in [-0.3, -0.25) is 0 Å². The second-order valence-electron chi connectivity index (χ2n) is 1.32. The Bertz CT molecular complexity index is 21.3. The normalized spacial score (nSPS) is 17.1. The van der Waals surface area contributed by atoms with Crippen molar-refractivity contribution in [2.75, 3.05) is 13.2 Å². The van der Waals surface area contributed by atoms with Gasteiger partial charge in [0.15, 0.2) is 0 Å². The highest BCUT2D eigenvalue weighted by molar-refractivity contribution is 5.85. The van der Waals surface area contributed by atoms with Crippen LogP contribution in [0.5, 0.6) is 0 Å². The van der Waals surface area contributed by atoms with E-state index in [1.54, 1.807) is 0 Å². The van der Waals surface area contributed by atoms with Crippen LogP contribution >= 0.6 is 24.8 Å². The zero-order valence-corrected chi connectivity index (χ0v) is 5.69. The fourth-order valence-corrected chi connectivity index (χ4v) is 0.510. The maximum atomic E-state index is 4.94. The second-order valence-corrected chi connectivity index (χ2v) is 1.32. The van der Waals surface area contributed by atoms with Gasteiger partial charge in [0.25, 0.3) is 0 Å². The van der Waals surface area contributed by atoms with Crippen LogP contribution in [0.4, 0.5) is 0 Å². The van der Waals surface area contributed by atoms with Crippen molar-refractivity contribution in [2.45, 2.75) is 12.8 Å². The van der Waals surface area contributed by atoms with Crippen LogP contribution in [0.3, 0.4) is 0 Å². The van der Waals surface area contributed by atoms with E-state index < -0.39 is 0 Å². The van der Waals surface area contributed by atoms with Crippen LogP contribution in [0.15, 0.2) is 0 Å². The third-order valence-electron chi connectivity index (χ3n) is 0.827. The lowest BCUT2D eigenvalue weighted by Crippen LogP contribution is -1.74.